The highest BCUT2D eigenvalue weighted by Crippen LogP contribution is 2.18. The van der Waals surface area contributed by atoms with Gasteiger partial charge in [-0.15, -0.1) is 6.42 Å². The predicted molar refractivity (Wildman–Crippen MR) is 67.9 cm³/mol. The lowest BCUT2D eigenvalue weighted by Crippen LogP contribution is -2.39. The van der Waals surface area contributed by atoms with Crippen LogP contribution in [0, 0.1) is 12.3 Å². The maximum absolute atomic E-state index is 5.20. The summed E-state index contributed by atoms with van der Waals surface area (Å²) in [5.74, 6) is 2.62. The average molecular weight is 210 g/mol. The minimum Gasteiger partial charge on any atom is -0.314 e. The van der Waals surface area contributed by atoms with E-state index in [1.807, 2.05) is 13.8 Å². The van der Waals surface area contributed by atoms with E-state index in [2.05, 4.69) is 23.5 Å². The number of hydrogen-bond acceptors (Lipinski definition) is 2. The maximum atomic E-state index is 5.20. The second-order valence-electron chi connectivity index (χ2n) is 3.69. The second-order valence-corrected chi connectivity index (χ2v) is 3.69. The van der Waals surface area contributed by atoms with Crippen LogP contribution in [0.5, 0.6) is 0 Å². The van der Waals surface area contributed by atoms with Gasteiger partial charge in [0.15, 0.2) is 0 Å². The van der Waals surface area contributed by atoms with Crippen LogP contribution in [0.3, 0.4) is 0 Å². The number of rotatable bonds is 4. The molecule has 0 heterocycles. The van der Waals surface area contributed by atoms with Crippen molar-refractivity contribution in [3.05, 3.63) is 0 Å². The van der Waals surface area contributed by atoms with E-state index >= 15 is 0 Å². The van der Waals surface area contributed by atoms with Crippen molar-refractivity contribution in [3.8, 4) is 12.3 Å². The third-order valence-corrected chi connectivity index (χ3v) is 2.71. The molecule has 0 aromatic carbocycles. The lowest BCUT2D eigenvalue weighted by molar-refractivity contribution is 0.317. The minimum absolute atomic E-state index is 0.658. The Morgan fingerprint density at radius 2 is 1.53 bits per heavy atom. The fourth-order valence-electron chi connectivity index (χ4n) is 1.99. The highest BCUT2D eigenvalue weighted by molar-refractivity contribution is 4.90. The third-order valence-electron chi connectivity index (χ3n) is 2.71. The fraction of sp³-hybridized carbons (Fsp3) is 0.846. The molecule has 1 saturated carbocycles. The van der Waals surface area contributed by atoms with Gasteiger partial charge in [0.05, 0.1) is 6.54 Å². The molecule has 88 valence electrons. The first-order chi connectivity index (χ1) is 7.36. The molecular weight excluding hydrogens is 184 g/mol. The molecule has 2 N–H and O–H groups in total. The van der Waals surface area contributed by atoms with E-state index in [4.69, 9.17) is 6.42 Å². The van der Waals surface area contributed by atoms with Crippen LogP contribution in [0.25, 0.3) is 0 Å². The van der Waals surface area contributed by atoms with Gasteiger partial charge in [-0.2, -0.15) is 0 Å². The fourth-order valence-corrected chi connectivity index (χ4v) is 1.99. The monoisotopic (exact) mass is 210 g/mol. The summed E-state index contributed by atoms with van der Waals surface area (Å²) in [7, 11) is 0. The molecule has 0 amide bonds. The lowest BCUT2D eigenvalue weighted by atomic mass is 9.91. The summed E-state index contributed by atoms with van der Waals surface area (Å²) in [5, 5.41) is 6.86. The Morgan fingerprint density at radius 3 is 1.93 bits per heavy atom. The summed E-state index contributed by atoms with van der Waals surface area (Å²) in [5.41, 5.74) is 0. The molecule has 1 fully saturated rings. The van der Waals surface area contributed by atoms with E-state index in [-0.39, 0.29) is 0 Å². The quantitative estimate of drug-likeness (QED) is 0.695. The van der Waals surface area contributed by atoms with Crippen molar-refractivity contribution in [3.63, 3.8) is 0 Å². The molecule has 1 aliphatic rings. The van der Waals surface area contributed by atoms with Crippen molar-refractivity contribution in [2.24, 2.45) is 0 Å². The molecule has 0 unspecified atom stereocenters. The molecular formula is C13H26N2. The van der Waals surface area contributed by atoms with Crippen molar-refractivity contribution in [2.45, 2.75) is 58.5 Å². The van der Waals surface area contributed by atoms with Gasteiger partial charge in [-0.25, -0.2) is 0 Å². The first-order valence-corrected chi connectivity index (χ1v) is 6.27. The molecule has 0 atom stereocenters. The molecule has 1 rings (SSSR count). The van der Waals surface area contributed by atoms with Crippen molar-refractivity contribution < 1.29 is 0 Å². The zero-order valence-electron chi connectivity index (χ0n) is 10.5. The van der Waals surface area contributed by atoms with Crippen molar-refractivity contribution in [1.82, 2.24) is 10.6 Å². The zero-order chi connectivity index (χ0) is 11.5. The van der Waals surface area contributed by atoms with Gasteiger partial charge in [0.2, 0.25) is 0 Å². The van der Waals surface area contributed by atoms with E-state index in [1.54, 1.807) is 0 Å². The summed E-state index contributed by atoms with van der Waals surface area (Å²) in [6.45, 7) is 7.98. The van der Waals surface area contributed by atoms with Crippen LogP contribution in [-0.2, 0) is 0 Å². The number of nitrogens with one attached hydrogen (secondary N) is 2. The van der Waals surface area contributed by atoms with Crippen molar-refractivity contribution >= 4 is 0 Å². The Hall–Kier alpha value is -0.520. The molecule has 15 heavy (non-hydrogen) atoms. The second kappa shape index (κ2) is 10.0. The highest BCUT2D eigenvalue weighted by Gasteiger charge is 2.19. The molecule has 0 aliphatic heterocycles. The van der Waals surface area contributed by atoms with Gasteiger partial charge in [-0.05, 0) is 32.2 Å². The lowest BCUT2D eigenvalue weighted by Gasteiger charge is -2.29. The standard InChI is InChI=1S/C11H20N2.C2H6/c1-3-9-13-11-7-5-10(6-8-11)12-4-2;1-2/h1,10-13H,4-9H2,2H3;1-2H3. The van der Waals surface area contributed by atoms with Gasteiger partial charge in [0, 0.05) is 12.1 Å². The minimum atomic E-state index is 0.658. The van der Waals surface area contributed by atoms with E-state index in [9.17, 15) is 0 Å². The Morgan fingerprint density at radius 1 is 1.07 bits per heavy atom. The Labute approximate surface area is 95.2 Å². The smallest absolute Gasteiger partial charge is 0.0575 e. The molecule has 0 bridgehead atoms. The van der Waals surface area contributed by atoms with Crippen LogP contribution in [0.15, 0.2) is 0 Å². The Bertz CT molecular complexity index is 164. The molecule has 0 aromatic rings. The summed E-state index contributed by atoms with van der Waals surface area (Å²) in [6.07, 6.45) is 10.3. The van der Waals surface area contributed by atoms with Crippen molar-refractivity contribution in [2.75, 3.05) is 13.1 Å². The molecule has 1 aliphatic carbocycles. The average Bonchev–Trinajstić information content (AvgIpc) is 2.31. The zero-order valence-corrected chi connectivity index (χ0v) is 10.5. The SMILES string of the molecule is C#CCNC1CCC(NCC)CC1.CC. The molecule has 0 saturated heterocycles. The Balaban J connectivity index is 0.000000921. The van der Waals surface area contributed by atoms with E-state index in [0.717, 1.165) is 19.1 Å². The predicted octanol–water partition coefficient (Wildman–Crippen LogP) is 2.16. The molecule has 0 spiro atoms. The normalized spacial score (nSPS) is 24.9. The van der Waals surface area contributed by atoms with Gasteiger partial charge in [-0.3, -0.25) is 0 Å². The topological polar surface area (TPSA) is 24.1 Å². The molecule has 0 radical (unpaired) electrons. The summed E-state index contributed by atoms with van der Waals surface area (Å²) in [6, 6.07) is 1.40. The van der Waals surface area contributed by atoms with Crippen LogP contribution in [0.2, 0.25) is 0 Å². The van der Waals surface area contributed by atoms with Crippen LogP contribution >= 0.6 is 0 Å². The van der Waals surface area contributed by atoms with Crippen LogP contribution in [-0.4, -0.2) is 25.2 Å². The highest BCUT2D eigenvalue weighted by atomic mass is 14.9. The van der Waals surface area contributed by atoms with Gasteiger partial charge in [-0.1, -0.05) is 26.7 Å². The van der Waals surface area contributed by atoms with Gasteiger partial charge in [0.25, 0.3) is 0 Å². The summed E-state index contributed by atoms with van der Waals surface area (Å²) >= 11 is 0. The van der Waals surface area contributed by atoms with Gasteiger partial charge < -0.3 is 10.6 Å². The van der Waals surface area contributed by atoms with E-state index < -0.39 is 0 Å². The summed E-state index contributed by atoms with van der Waals surface area (Å²) in [4.78, 5) is 0. The first kappa shape index (κ1) is 14.5. The maximum Gasteiger partial charge on any atom is 0.0575 e. The van der Waals surface area contributed by atoms with Crippen molar-refractivity contribution in [1.29, 1.82) is 0 Å². The molecule has 2 nitrogen and oxygen atoms in total. The number of hydrogen-bond donors (Lipinski definition) is 2. The van der Waals surface area contributed by atoms with Crippen LogP contribution in [0.4, 0.5) is 0 Å². The van der Waals surface area contributed by atoms with Gasteiger partial charge >= 0.3 is 0 Å². The van der Waals surface area contributed by atoms with Gasteiger partial charge in [0.1, 0.15) is 0 Å². The Kier molecular flexibility index (Phi) is 9.67. The molecule has 0 aromatic heterocycles. The van der Waals surface area contributed by atoms with E-state index in [0.29, 0.717) is 6.04 Å². The largest absolute Gasteiger partial charge is 0.314 e. The van der Waals surface area contributed by atoms with Crippen LogP contribution < -0.4 is 10.6 Å². The molecule has 2 heteroatoms. The third kappa shape index (κ3) is 6.54. The first-order valence-electron chi connectivity index (χ1n) is 6.27. The van der Waals surface area contributed by atoms with E-state index in [1.165, 1.54) is 25.7 Å². The number of terminal acetylenes is 1. The summed E-state index contributed by atoms with van der Waals surface area (Å²) < 4.78 is 0. The van der Waals surface area contributed by atoms with Crippen LogP contribution in [0.1, 0.15) is 46.5 Å².